The second-order valence-corrected chi connectivity index (χ2v) is 4.85. The minimum atomic E-state index is 0.303. The van der Waals surface area contributed by atoms with E-state index in [1.165, 1.54) is 12.8 Å². The van der Waals surface area contributed by atoms with Crippen molar-refractivity contribution in [2.24, 2.45) is 5.92 Å². The van der Waals surface area contributed by atoms with Gasteiger partial charge in [-0.1, -0.05) is 0 Å². The zero-order valence-corrected chi connectivity index (χ0v) is 10.3. The Bertz CT molecular complexity index is 196. The minimum Gasteiger partial charge on any atom is -0.343 e. The fraction of sp³-hybridized carbons (Fsp3) is 0.917. The van der Waals surface area contributed by atoms with Gasteiger partial charge in [-0.25, -0.2) is 0 Å². The van der Waals surface area contributed by atoms with Gasteiger partial charge in [-0.3, -0.25) is 4.79 Å². The van der Waals surface area contributed by atoms with Gasteiger partial charge in [0.2, 0.25) is 5.91 Å². The quantitative estimate of drug-likeness (QED) is 0.771. The van der Waals surface area contributed by atoms with Crippen LogP contribution in [0.1, 0.15) is 39.5 Å². The zero-order chi connectivity index (χ0) is 11.3. The summed E-state index contributed by atoms with van der Waals surface area (Å²) in [5, 5.41) is 3.38. The van der Waals surface area contributed by atoms with Gasteiger partial charge in [0.15, 0.2) is 0 Å². The third-order valence-electron chi connectivity index (χ3n) is 3.33. The van der Waals surface area contributed by atoms with E-state index < -0.39 is 0 Å². The molecule has 1 aliphatic rings. The van der Waals surface area contributed by atoms with Crippen LogP contribution in [0.4, 0.5) is 0 Å². The van der Waals surface area contributed by atoms with E-state index in [1.807, 2.05) is 11.9 Å². The third-order valence-corrected chi connectivity index (χ3v) is 3.33. The number of carbonyl (C=O) groups is 1. The molecule has 1 atom stereocenters. The molecule has 0 aromatic heterocycles. The first kappa shape index (κ1) is 12.5. The standard InChI is InChI=1S/C12H24N2O/c1-10(2)14(3)12(15)9-11-5-4-7-13-8-6-11/h10-11,13H,4-9H2,1-3H3. The number of amides is 1. The van der Waals surface area contributed by atoms with Crippen LogP contribution in [0, 0.1) is 5.92 Å². The SMILES string of the molecule is CC(C)N(C)C(=O)CC1CCCNCC1. The van der Waals surface area contributed by atoms with Crippen LogP contribution in [-0.4, -0.2) is 37.0 Å². The van der Waals surface area contributed by atoms with Gasteiger partial charge in [-0.05, 0) is 52.1 Å². The summed E-state index contributed by atoms with van der Waals surface area (Å²) in [4.78, 5) is 13.7. The van der Waals surface area contributed by atoms with Gasteiger partial charge in [0, 0.05) is 19.5 Å². The largest absolute Gasteiger partial charge is 0.343 e. The highest BCUT2D eigenvalue weighted by Gasteiger charge is 2.19. The average molecular weight is 212 g/mol. The molecule has 1 aliphatic heterocycles. The summed E-state index contributed by atoms with van der Waals surface area (Å²) in [5.41, 5.74) is 0. The summed E-state index contributed by atoms with van der Waals surface area (Å²) in [7, 11) is 1.90. The summed E-state index contributed by atoms with van der Waals surface area (Å²) in [5.74, 6) is 0.894. The van der Waals surface area contributed by atoms with Crippen LogP contribution in [-0.2, 0) is 4.79 Å². The van der Waals surface area contributed by atoms with Gasteiger partial charge in [0.25, 0.3) is 0 Å². The Hall–Kier alpha value is -0.570. The second kappa shape index (κ2) is 6.11. The predicted molar refractivity (Wildman–Crippen MR) is 62.7 cm³/mol. The molecule has 0 aliphatic carbocycles. The topological polar surface area (TPSA) is 32.3 Å². The Morgan fingerprint density at radius 1 is 1.40 bits per heavy atom. The lowest BCUT2D eigenvalue weighted by Gasteiger charge is -2.24. The van der Waals surface area contributed by atoms with Gasteiger partial charge in [0.05, 0.1) is 0 Å². The van der Waals surface area contributed by atoms with E-state index in [2.05, 4.69) is 19.2 Å². The first-order valence-corrected chi connectivity index (χ1v) is 6.07. The van der Waals surface area contributed by atoms with Crippen LogP contribution >= 0.6 is 0 Å². The lowest BCUT2D eigenvalue weighted by molar-refractivity contribution is -0.132. The molecule has 0 aromatic rings. The second-order valence-electron chi connectivity index (χ2n) is 4.85. The molecule has 1 unspecified atom stereocenters. The predicted octanol–water partition coefficient (Wildman–Crippen LogP) is 1.63. The molecule has 1 heterocycles. The highest BCUT2D eigenvalue weighted by molar-refractivity contribution is 5.76. The highest BCUT2D eigenvalue weighted by atomic mass is 16.2. The van der Waals surface area contributed by atoms with Crippen LogP contribution < -0.4 is 5.32 Å². The lowest BCUT2D eigenvalue weighted by atomic mass is 9.96. The maximum absolute atomic E-state index is 11.9. The maximum atomic E-state index is 11.9. The van der Waals surface area contributed by atoms with Crippen molar-refractivity contribution in [3.63, 3.8) is 0 Å². The number of carbonyl (C=O) groups excluding carboxylic acids is 1. The van der Waals surface area contributed by atoms with Gasteiger partial charge in [0.1, 0.15) is 0 Å². The molecule has 15 heavy (non-hydrogen) atoms. The van der Waals surface area contributed by atoms with Gasteiger partial charge in [-0.15, -0.1) is 0 Å². The Kier molecular flexibility index (Phi) is 5.09. The molecule has 1 N–H and O–H groups in total. The Morgan fingerprint density at radius 3 is 2.80 bits per heavy atom. The van der Waals surface area contributed by atoms with Gasteiger partial charge >= 0.3 is 0 Å². The van der Waals surface area contributed by atoms with Crippen molar-refractivity contribution in [3.8, 4) is 0 Å². The molecule has 1 rings (SSSR count). The summed E-state index contributed by atoms with van der Waals surface area (Å²) in [6, 6.07) is 0.321. The summed E-state index contributed by atoms with van der Waals surface area (Å²) >= 11 is 0. The molecule has 88 valence electrons. The van der Waals surface area contributed by atoms with Crippen LogP contribution in [0.2, 0.25) is 0 Å². The average Bonchev–Trinajstić information content (AvgIpc) is 2.45. The Balaban J connectivity index is 2.35. The van der Waals surface area contributed by atoms with Crippen molar-refractivity contribution in [2.75, 3.05) is 20.1 Å². The molecular formula is C12H24N2O. The van der Waals surface area contributed by atoms with Crippen molar-refractivity contribution in [2.45, 2.75) is 45.6 Å². The molecule has 0 saturated carbocycles. The van der Waals surface area contributed by atoms with E-state index in [-0.39, 0.29) is 0 Å². The monoisotopic (exact) mass is 212 g/mol. The van der Waals surface area contributed by atoms with Crippen LogP contribution in [0.15, 0.2) is 0 Å². The van der Waals surface area contributed by atoms with Crippen LogP contribution in [0.3, 0.4) is 0 Å². The summed E-state index contributed by atoms with van der Waals surface area (Å²) in [6.45, 7) is 6.31. The highest BCUT2D eigenvalue weighted by Crippen LogP contribution is 2.18. The zero-order valence-electron chi connectivity index (χ0n) is 10.3. The third kappa shape index (κ3) is 4.20. The van der Waals surface area contributed by atoms with Crippen LogP contribution in [0.25, 0.3) is 0 Å². The lowest BCUT2D eigenvalue weighted by Crippen LogP contribution is -2.34. The molecule has 0 spiro atoms. The normalized spacial score (nSPS) is 22.5. The van der Waals surface area contributed by atoms with E-state index in [4.69, 9.17) is 0 Å². The molecule has 1 fully saturated rings. The van der Waals surface area contributed by atoms with E-state index in [9.17, 15) is 4.79 Å². The Labute approximate surface area is 93.2 Å². The molecule has 1 amide bonds. The van der Waals surface area contributed by atoms with Crippen molar-refractivity contribution in [1.29, 1.82) is 0 Å². The fourth-order valence-electron chi connectivity index (χ4n) is 1.97. The molecule has 0 aromatic carbocycles. The van der Waals surface area contributed by atoms with Crippen molar-refractivity contribution >= 4 is 5.91 Å². The molecule has 3 nitrogen and oxygen atoms in total. The number of nitrogens with zero attached hydrogens (tertiary/aromatic N) is 1. The molecule has 3 heteroatoms. The first-order chi connectivity index (χ1) is 7.11. The summed E-state index contributed by atoms with van der Waals surface area (Å²) in [6.07, 6.45) is 4.29. The van der Waals surface area contributed by atoms with Gasteiger partial charge < -0.3 is 10.2 Å². The van der Waals surface area contributed by atoms with Crippen LogP contribution in [0.5, 0.6) is 0 Å². The molecule has 0 bridgehead atoms. The van der Waals surface area contributed by atoms with Gasteiger partial charge in [-0.2, -0.15) is 0 Å². The number of rotatable bonds is 3. The molecular weight excluding hydrogens is 188 g/mol. The van der Waals surface area contributed by atoms with E-state index in [0.29, 0.717) is 17.9 Å². The summed E-state index contributed by atoms with van der Waals surface area (Å²) < 4.78 is 0. The van der Waals surface area contributed by atoms with E-state index in [1.54, 1.807) is 0 Å². The maximum Gasteiger partial charge on any atom is 0.222 e. The smallest absolute Gasteiger partial charge is 0.222 e. The van der Waals surface area contributed by atoms with Crippen molar-refractivity contribution in [3.05, 3.63) is 0 Å². The number of nitrogens with one attached hydrogen (secondary N) is 1. The Morgan fingerprint density at radius 2 is 2.13 bits per heavy atom. The van der Waals surface area contributed by atoms with Crippen molar-refractivity contribution in [1.82, 2.24) is 10.2 Å². The number of hydrogen-bond acceptors (Lipinski definition) is 2. The molecule has 0 radical (unpaired) electrons. The fourth-order valence-corrected chi connectivity index (χ4v) is 1.97. The van der Waals surface area contributed by atoms with Crippen molar-refractivity contribution < 1.29 is 4.79 Å². The van der Waals surface area contributed by atoms with E-state index in [0.717, 1.165) is 25.9 Å². The molecule has 1 saturated heterocycles. The number of hydrogen-bond donors (Lipinski definition) is 1. The minimum absolute atomic E-state index is 0.303. The van der Waals surface area contributed by atoms with E-state index >= 15 is 0 Å². The first-order valence-electron chi connectivity index (χ1n) is 6.07.